The lowest BCUT2D eigenvalue weighted by atomic mass is 10.3. The minimum atomic E-state index is -0.475. The molecule has 0 aliphatic carbocycles. The minimum absolute atomic E-state index is 0.0199. The summed E-state index contributed by atoms with van der Waals surface area (Å²) in [5, 5.41) is 22.8. The van der Waals surface area contributed by atoms with Crippen LogP contribution >= 0.6 is 11.6 Å². The first-order valence-electron chi connectivity index (χ1n) is 8.85. The van der Waals surface area contributed by atoms with E-state index in [4.69, 9.17) is 11.6 Å². The molecule has 1 N–H and O–H groups in total. The summed E-state index contributed by atoms with van der Waals surface area (Å²) in [6.07, 6.45) is 1.61. The second-order valence-corrected chi connectivity index (χ2v) is 6.87. The number of non-ortho nitro benzene ring substituents is 1. The maximum absolute atomic E-state index is 12.7. The Balaban J connectivity index is 1.56. The Hall–Kier alpha value is -3.98. The normalized spacial score (nSPS) is 10.7. The highest BCUT2D eigenvalue weighted by molar-refractivity contribution is 6.30. The predicted octanol–water partition coefficient (Wildman–Crippen LogP) is 4.18. The quantitative estimate of drug-likeness (QED) is 0.383. The number of nitro groups is 1. The van der Waals surface area contributed by atoms with Gasteiger partial charge in [0.15, 0.2) is 5.69 Å². The highest BCUT2D eigenvalue weighted by Crippen LogP contribution is 2.21. The molecule has 0 atom stereocenters. The number of amides is 1. The third-order valence-corrected chi connectivity index (χ3v) is 4.51. The monoisotopic (exact) mass is 422 g/mol. The number of aryl methyl sites for hydroxylation is 1. The van der Waals surface area contributed by atoms with E-state index in [-0.39, 0.29) is 11.4 Å². The fourth-order valence-corrected chi connectivity index (χ4v) is 3.07. The van der Waals surface area contributed by atoms with Crippen molar-refractivity contribution in [1.29, 1.82) is 0 Å². The molecular formula is C20H15ClN6O3. The summed E-state index contributed by atoms with van der Waals surface area (Å²) in [7, 11) is 0. The number of aromatic nitrogens is 4. The number of carbonyl (C=O) groups excluding carboxylic acids is 1. The van der Waals surface area contributed by atoms with Gasteiger partial charge in [0, 0.05) is 29.4 Å². The van der Waals surface area contributed by atoms with E-state index >= 15 is 0 Å². The molecule has 0 aliphatic heterocycles. The standard InChI is InChI=1S/C20H15ClN6O3/c1-13-11-19(26(23-13)17-4-2-3-14(21)12-17)22-20(28)18-9-10-25(24-18)15-5-7-16(8-6-15)27(29)30/h2-12H,1H3,(H,22,28). The van der Waals surface area contributed by atoms with E-state index in [0.717, 1.165) is 5.69 Å². The number of nitro benzene ring substituents is 1. The lowest BCUT2D eigenvalue weighted by Crippen LogP contribution is -2.16. The van der Waals surface area contributed by atoms with Gasteiger partial charge in [-0.25, -0.2) is 9.36 Å². The van der Waals surface area contributed by atoms with E-state index in [1.807, 2.05) is 13.0 Å². The Morgan fingerprint density at radius 3 is 2.53 bits per heavy atom. The molecule has 2 aromatic carbocycles. The Bertz CT molecular complexity index is 1250. The van der Waals surface area contributed by atoms with Crippen LogP contribution in [-0.2, 0) is 0 Å². The van der Waals surface area contributed by atoms with E-state index in [1.165, 1.54) is 16.8 Å². The molecule has 0 aliphatic rings. The van der Waals surface area contributed by atoms with Gasteiger partial charge in [0.05, 0.1) is 22.0 Å². The average Bonchev–Trinajstić information content (AvgIpc) is 3.35. The van der Waals surface area contributed by atoms with Crippen molar-refractivity contribution in [1.82, 2.24) is 19.6 Å². The third-order valence-electron chi connectivity index (χ3n) is 4.27. The van der Waals surface area contributed by atoms with Crippen molar-refractivity contribution < 1.29 is 9.72 Å². The molecule has 0 bridgehead atoms. The van der Waals surface area contributed by atoms with E-state index in [1.54, 1.807) is 53.3 Å². The summed E-state index contributed by atoms with van der Waals surface area (Å²) in [5.74, 6) is 0.0588. The van der Waals surface area contributed by atoms with Crippen LogP contribution < -0.4 is 5.32 Å². The molecule has 0 unspecified atom stereocenters. The number of rotatable bonds is 5. The van der Waals surface area contributed by atoms with Gasteiger partial charge in [-0.1, -0.05) is 17.7 Å². The number of hydrogen-bond acceptors (Lipinski definition) is 5. The lowest BCUT2D eigenvalue weighted by molar-refractivity contribution is -0.384. The van der Waals surface area contributed by atoms with Crippen LogP contribution in [0.15, 0.2) is 66.9 Å². The van der Waals surface area contributed by atoms with Crippen molar-refractivity contribution in [3.8, 4) is 11.4 Å². The first-order valence-corrected chi connectivity index (χ1v) is 9.23. The van der Waals surface area contributed by atoms with Gasteiger partial charge in [0.1, 0.15) is 5.82 Å². The van der Waals surface area contributed by atoms with Crippen LogP contribution in [0, 0.1) is 17.0 Å². The molecule has 0 radical (unpaired) electrons. The van der Waals surface area contributed by atoms with Gasteiger partial charge in [0.25, 0.3) is 11.6 Å². The van der Waals surface area contributed by atoms with E-state index in [0.29, 0.717) is 22.2 Å². The molecule has 0 spiro atoms. The van der Waals surface area contributed by atoms with Crippen LogP contribution in [0.1, 0.15) is 16.2 Å². The molecule has 4 rings (SSSR count). The number of nitrogens with one attached hydrogen (secondary N) is 1. The fourth-order valence-electron chi connectivity index (χ4n) is 2.89. The molecule has 9 nitrogen and oxygen atoms in total. The number of anilines is 1. The van der Waals surface area contributed by atoms with Gasteiger partial charge < -0.3 is 5.32 Å². The largest absolute Gasteiger partial charge is 0.305 e. The molecule has 0 fully saturated rings. The number of nitrogens with zero attached hydrogens (tertiary/aromatic N) is 5. The summed E-state index contributed by atoms with van der Waals surface area (Å²) < 4.78 is 3.06. The first kappa shape index (κ1) is 19.3. The third kappa shape index (κ3) is 3.91. The van der Waals surface area contributed by atoms with Crippen molar-refractivity contribution in [3.63, 3.8) is 0 Å². The molecule has 0 saturated heterocycles. The van der Waals surface area contributed by atoms with E-state index in [2.05, 4.69) is 15.5 Å². The van der Waals surface area contributed by atoms with Crippen LogP contribution in [0.4, 0.5) is 11.5 Å². The summed E-state index contributed by atoms with van der Waals surface area (Å²) in [4.78, 5) is 23.0. The smallest absolute Gasteiger partial charge is 0.277 e. The summed E-state index contributed by atoms with van der Waals surface area (Å²) in [6.45, 7) is 1.82. The maximum atomic E-state index is 12.7. The zero-order valence-corrected chi connectivity index (χ0v) is 16.4. The van der Waals surface area contributed by atoms with E-state index < -0.39 is 10.8 Å². The molecule has 0 saturated carbocycles. The molecule has 1 amide bonds. The van der Waals surface area contributed by atoms with E-state index in [9.17, 15) is 14.9 Å². The Labute approximate surface area is 175 Å². The van der Waals surface area contributed by atoms with Crippen LogP contribution in [-0.4, -0.2) is 30.4 Å². The molecule has 2 aromatic heterocycles. The number of benzene rings is 2. The van der Waals surface area contributed by atoms with Gasteiger partial charge in [0.2, 0.25) is 0 Å². The Morgan fingerprint density at radius 2 is 1.83 bits per heavy atom. The second-order valence-electron chi connectivity index (χ2n) is 6.44. The molecule has 150 valence electrons. The van der Waals surface area contributed by atoms with Gasteiger partial charge >= 0.3 is 0 Å². The molecular weight excluding hydrogens is 408 g/mol. The number of carbonyl (C=O) groups is 1. The average molecular weight is 423 g/mol. The highest BCUT2D eigenvalue weighted by atomic mass is 35.5. The fraction of sp³-hybridized carbons (Fsp3) is 0.0500. The maximum Gasteiger partial charge on any atom is 0.277 e. The van der Waals surface area contributed by atoms with Crippen molar-refractivity contribution in [2.45, 2.75) is 6.92 Å². The molecule has 10 heteroatoms. The van der Waals surface area contributed by atoms with Crippen molar-refractivity contribution in [3.05, 3.63) is 93.4 Å². The lowest BCUT2D eigenvalue weighted by Gasteiger charge is -2.08. The van der Waals surface area contributed by atoms with Gasteiger partial charge in [-0.05, 0) is 43.3 Å². The van der Waals surface area contributed by atoms with Gasteiger partial charge in [-0.2, -0.15) is 10.2 Å². The van der Waals surface area contributed by atoms with Crippen LogP contribution in [0.3, 0.4) is 0 Å². The second kappa shape index (κ2) is 7.80. The van der Waals surface area contributed by atoms with Gasteiger partial charge in [-0.3, -0.25) is 14.9 Å². The molecule has 4 aromatic rings. The predicted molar refractivity (Wildman–Crippen MR) is 111 cm³/mol. The summed E-state index contributed by atoms with van der Waals surface area (Å²) in [6, 6.07) is 16.3. The van der Waals surface area contributed by atoms with Crippen molar-refractivity contribution >= 4 is 29.0 Å². The minimum Gasteiger partial charge on any atom is -0.305 e. The van der Waals surface area contributed by atoms with Crippen LogP contribution in [0.5, 0.6) is 0 Å². The Morgan fingerprint density at radius 1 is 1.07 bits per heavy atom. The zero-order valence-electron chi connectivity index (χ0n) is 15.7. The van der Waals surface area contributed by atoms with Gasteiger partial charge in [-0.15, -0.1) is 0 Å². The zero-order chi connectivity index (χ0) is 21.3. The summed E-state index contributed by atoms with van der Waals surface area (Å²) >= 11 is 6.07. The number of halogens is 1. The molecule has 30 heavy (non-hydrogen) atoms. The molecule has 2 heterocycles. The van der Waals surface area contributed by atoms with Crippen LogP contribution in [0.2, 0.25) is 5.02 Å². The van der Waals surface area contributed by atoms with Crippen molar-refractivity contribution in [2.24, 2.45) is 0 Å². The topological polar surface area (TPSA) is 108 Å². The number of hydrogen-bond donors (Lipinski definition) is 1. The van der Waals surface area contributed by atoms with Crippen molar-refractivity contribution in [2.75, 3.05) is 5.32 Å². The van der Waals surface area contributed by atoms with Crippen LogP contribution in [0.25, 0.3) is 11.4 Å². The SMILES string of the molecule is Cc1cc(NC(=O)c2ccn(-c3ccc([N+](=O)[O-])cc3)n2)n(-c2cccc(Cl)c2)n1. The Kier molecular flexibility index (Phi) is 5.03. The first-order chi connectivity index (χ1) is 14.4. The summed E-state index contributed by atoms with van der Waals surface area (Å²) in [5.41, 5.74) is 2.20. The highest BCUT2D eigenvalue weighted by Gasteiger charge is 2.15.